The van der Waals surface area contributed by atoms with Crippen molar-refractivity contribution in [3.8, 4) is 0 Å². The topological polar surface area (TPSA) is 54.4 Å². The number of amides is 1. The second-order valence-electron chi connectivity index (χ2n) is 4.90. The molecule has 1 heterocycles. The lowest BCUT2D eigenvalue weighted by Gasteiger charge is -2.11. The Kier molecular flexibility index (Phi) is 2.92. The summed E-state index contributed by atoms with van der Waals surface area (Å²) in [5.41, 5.74) is 3.08. The molecule has 1 aromatic rings. The summed E-state index contributed by atoms with van der Waals surface area (Å²) in [5, 5.41) is 4.06. The average molecular weight is 241 g/mol. The van der Waals surface area contributed by atoms with Crippen LogP contribution in [0.4, 0.5) is 0 Å². The minimum Gasteiger partial charge on any atom is -0.267 e. The highest BCUT2D eigenvalue weighted by Gasteiger charge is 2.34. The van der Waals surface area contributed by atoms with Gasteiger partial charge in [0.1, 0.15) is 0 Å². The van der Waals surface area contributed by atoms with Crippen LogP contribution in [-0.4, -0.2) is 17.1 Å². The van der Waals surface area contributed by atoms with E-state index >= 15 is 0 Å². The molecule has 3 atom stereocenters. The van der Waals surface area contributed by atoms with Gasteiger partial charge < -0.3 is 0 Å². The van der Waals surface area contributed by atoms with Crippen LogP contribution < -0.4 is 5.43 Å². The predicted octanol–water partition coefficient (Wildman–Crippen LogP) is 2.01. The van der Waals surface area contributed by atoms with E-state index in [1.54, 1.807) is 18.3 Å². The maximum absolute atomic E-state index is 11.7. The first kappa shape index (κ1) is 11.1. The standard InChI is InChI=1S/C14H15N3O/c18-14(12-2-1-5-15-8-12)17-16-9-13-7-10-3-4-11(13)6-10/h1-5,8-11,13H,6-7H2,(H,17,18)/b16-9-/t10-,11+,13-/m1/s1. The largest absolute Gasteiger partial charge is 0.272 e. The van der Waals surface area contributed by atoms with E-state index in [4.69, 9.17) is 0 Å². The number of nitrogens with zero attached hydrogens (tertiary/aromatic N) is 2. The molecule has 0 saturated heterocycles. The number of aromatic nitrogens is 1. The highest BCUT2D eigenvalue weighted by Crippen LogP contribution is 2.42. The fraction of sp³-hybridized carbons (Fsp3) is 0.357. The Bertz CT molecular complexity index is 495. The first-order valence-electron chi connectivity index (χ1n) is 6.25. The highest BCUT2D eigenvalue weighted by atomic mass is 16.2. The van der Waals surface area contributed by atoms with Crippen LogP contribution in [0.5, 0.6) is 0 Å². The second-order valence-corrected chi connectivity index (χ2v) is 4.90. The number of carbonyl (C=O) groups excluding carboxylic acids is 1. The molecule has 0 unspecified atom stereocenters. The zero-order valence-corrected chi connectivity index (χ0v) is 9.99. The smallest absolute Gasteiger partial charge is 0.267 e. The number of rotatable bonds is 3. The molecule has 0 spiro atoms. The number of carbonyl (C=O) groups is 1. The lowest BCUT2D eigenvalue weighted by Crippen LogP contribution is -2.19. The van der Waals surface area contributed by atoms with Crippen molar-refractivity contribution in [3.63, 3.8) is 0 Å². The third-order valence-electron chi connectivity index (χ3n) is 3.69. The summed E-state index contributed by atoms with van der Waals surface area (Å²) in [6.45, 7) is 0. The molecule has 4 nitrogen and oxygen atoms in total. The molecule has 0 radical (unpaired) electrons. The Morgan fingerprint density at radius 2 is 2.39 bits per heavy atom. The fourth-order valence-corrected chi connectivity index (χ4v) is 2.75. The molecular weight excluding hydrogens is 226 g/mol. The molecule has 4 heteroatoms. The Morgan fingerprint density at radius 3 is 3.06 bits per heavy atom. The molecule has 2 aliphatic rings. The lowest BCUT2D eigenvalue weighted by molar-refractivity contribution is 0.0954. The zero-order chi connectivity index (χ0) is 12.4. The van der Waals surface area contributed by atoms with E-state index in [-0.39, 0.29) is 5.91 Å². The van der Waals surface area contributed by atoms with Crippen molar-refractivity contribution in [2.24, 2.45) is 22.9 Å². The summed E-state index contributed by atoms with van der Waals surface area (Å²) < 4.78 is 0. The summed E-state index contributed by atoms with van der Waals surface area (Å²) in [7, 11) is 0. The van der Waals surface area contributed by atoms with E-state index < -0.39 is 0 Å². The van der Waals surface area contributed by atoms with Gasteiger partial charge in [0.15, 0.2) is 0 Å². The summed E-state index contributed by atoms with van der Waals surface area (Å²) in [6, 6.07) is 3.46. The number of allylic oxidation sites excluding steroid dienone is 2. The Hall–Kier alpha value is -1.97. The van der Waals surface area contributed by atoms with Gasteiger partial charge in [-0.3, -0.25) is 9.78 Å². The van der Waals surface area contributed by atoms with Crippen LogP contribution in [0.25, 0.3) is 0 Å². The maximum Gasteiger partial charge on any atom is 0.272 e. The first-order valence-corrected chi connectivity index (χ1v) is 6.25. The van der Waals surface area contributed by atoms with Crippen molar-refractivity contribution in [2.45, 2.75) is 12.8 Å². The van der Waals surface area contributed by atoms with Gasteiger partial charge in [-0.25, -0.2) is 5.43 Å². The number of hydrogen-bond donors (Lipinski definition) is 1. The molecule has 3 rings (SSSR count). The summed E-state index contributed by atoms with van der Waals surface area (Å²) in [4.78, 5) is 15.6. The zero-order valence-electron chi connectivity index (χ0n) is 9.99. The molecule has 0 aliphatic heterocycles. The Balaban J connectivity index is 1.55. The van der Waals surface area contributed by atoms with Gasteiger partial charge in [0.25, 0.3) is 5.91 Å². The van der Waals surface area contributed by atoms with Crippen LogP contribution in [0, 0.1) is 17.8 Å². The molecule has 1 amide bonds. The molecule has 18 heavy (non-hydrogen) atoms. The lowest BCUT2D eigenvalue weighted by atomic mass is 9.95. The van der Waals surface area contributed by atoms with E-state index in [2.05, 4.69) is 27.7 Å². The van der Waals surface area contributed by atoms with Gasteiger partial charge in [-0.15, -0.1) is 0 Å². The van der Waals surface area contributed by atoms with Crippen molar-refractivity contribution in [1.82, 2.24) is 10.4 Å². The monoisotopic (exact) mass is 241 g/mol. The molecule has 2 aliphatic carbocycles. The second kappa shape index (κ2) is 4.72. The van der Waals surface area contributed by atoms with Gasteiger partial charge in [0.2, 0.25) is 0 Å². The fourth-order valence-electron chi connectivity index (χ4n) is 2.75. The maximum atomic E-state index is 11.7. The SMILES string of the molecule is O=C(N/N=C\[C@H]1C[C@@H]2C=C[C@H]1C2)c1cccnc1. The highest BCUT2D eigenvalue weighted by molar-refractivity contribution is 5.93. The Morgan fingerprint density at radius 1 is 1.44 bits per heavy atom. The van der Waals surface area contributed by atoms with E-state index in [1.165, 1.54) is 12.6 Å². The average Bonchev–Trinajstić information content (AvgIpc) is 3.02. The predicted molar refractivity (Wildman–Crippen MR) is 69.0 cm³/mol. The van der Waals surface area contributed by atoms with Crippen LogP contribution in [0.3, 0.4) is 0 Å². The van der Waals surface area contributed by atoms with Crippen LogP contribution in [0.15, 0.2) is 41.8 Å². The summed E-state index contributed by atoms with van der Waals surface area (Å²) >= 11 is 0. The number of hydrogen-bond acceptors (Lipinski definition) is 3. The number of hydrazone groups is 1. The van der Waals surface area contributed by atoms with Crippen LogP contribution >= 0.6 is 0 Å². The molecule has 1 saturated carbocycles. The molecule has 0 aromatic carbocycles. The van der Waals surface area contributed by atoms with Gasteiger partial charge in [-0.2, -0.15) is 5.10 Å². The normalized spacial score (nSPS) is 29.0. The minimum atomic E-state index is -0.210. The third kappa shape index (κ3) is 2.18. The van der Waals surface area contributed by atoms with Gasteiger partial charge in [-0.05, 0) is 36.8 Å². The van der Waals surface area contributed by atoms with E-state index in [0.29, 0.717) is 17.4 Å². The van der Waals surface area contributed by atoms with Gasteiger partial charge in [0.05, 0.1) is 5.56 Å². The number of fused-ring (bicyclic) bond motifs is 2. The van der Waals surface area contributed by atoms with E-state index in [1.807, 2.05) is 6.21 Å². The van der Waals surface area contributed by atoms with Crippen molar-refractivity contribution in [1.29, 1.82) is 0 Å². The first-order chi connectivity index (χ1) is 8.83. The van der Waals surface area contributed by atoms with Crippen molar-refractivity contribution < 1.29 is 4.79 Å². The molecule has 92 valence electrons. The third-order valence-corrected chi connectivity index (χ3v) is 3.69. The molecular formula is C14H15N3O. The van der Waals surface area contributed by atoms with Gasteiger partial charge in [-0.1, -0.05) is 12.2 Å². The summed E-state index contributed by atoms with van der Waals surface area (Å²) in [6.07, 6.45) is 12.0. The summed E-state index contributed by atoms with van der Waals surface area (Å²) in [5.74, 6) is 1.61. The number of pyridine rings is 1. The van der Waals surface area contributed by atoms with Gasteiger partial charge >= 0.3 is 0 Å². The van der Waals surface area contributed by atoms with Crippen LogP contribution in [-0.2, 0) is 0 Å². The van der Waals surface area contributed by atoms with Crippen molar-refractivity contribution in [3.05, 3.63) is 42.2 Å². The quantitative estimate of drug-likeness (QED) is 0.500. The Labute approximate surface area is 106 Å². The molecule has 1 fully saturated rings. The van der Waals surface area contributed by atoms with Crippen molar-refractivity contribution >= 4 is 12.1 Å². The molecule has 1 N–H and O–H groups in total. The van der Waals surface area contributed by atoms with Crippen LogP contribution in [0.1, 0.15) is 23.2 Å². The van der Waals surface area contributed by atoms with Gasteiger partial charge in [0, 0.05) is 24.5 Å². The van der Waals surface area contributed by atoms with Crippen molar-refractivity contribution in [2.75, 3.05) is 0 Å². The van der Waals surface area contributed by atoms with E-state index in [9.17, 15) is 4.79 Å². The minimum absolute atomic E-state index is 0.210. The van der Waals surface area contributed by atoms with Crippen LogP contribution in [0.2, 0.25) is 0 Å². The molecule has 2 bridgehead atoms. The number of nitrogens with one attached hydrogen (secondary N) is 1. The molecule has 1 aromatic heterocycles. The van der Waals surface area contributed by atoms with E-state index in [0.717, 1.165) is 12.3 Å².